The number of halogens is 3. The zero-order chi connectivity index (χ0) is 23.1. The molecule has 32 heavy (non-hydrogen) atoms. The van der Waals surface area contributed by atoms with Gasteiger partial charge in [0.15, 0.2) is 12.4 Å². The van der Waals surface area contributed by atoms with Crippen molar-refractivity contribution < 1.29 is 28.1 Å². The summed E-state index contributed by atoms with van der Waals surface area (Å²) in [6.45, 7) is 3.90. The SMILES string of the molecule is C=C(OC(=NC)c1ccc(Cl)cc1)C1OCC(NC(=O)COc2ccc(Cl)c(F)c2)CO1. The van der Waals surface area contributed by atoms with Gasteiger partial charge in [0, 0.05) is 23.7 Å². The zero-order valence-corrected chi connectivity index (χ0v) is 18.7. The molecule has 0 radical (unpaired) electrons. The van der Waals surface area contributed by atoms with Crippen molar-refractivity contribution in [3.63, 3.8) is 0 Å². The van der Waals surface area contributed by atoms with Gasteiger partial charge >= 0.3 is 0 Å². The summed E-state index contributed by atoms with van der Waals surface area (Å²) < 4.78 is 35.6. The highest BCUT2D eigenvalue weighted by Gasteiger charge is 2.27. The smallest absolute Gasteiger partial charge is 0.258 e. The van der Waals surface area contributed by atoms with Crippen LogP contribution in [0.25, 0.3) is 0 Å². The molecule has 0 unspecified atom stereocenters. The van der Waals surface area contributed by atoms with Crippen LogP contribution in [0.15, 0.2) is 59.8 Å². The van der Waals surface area contributed by atoms with Crippen molar-refractivity contribution in [2.24, 2.45) is 4.99 Å². The molecule has 1 heterocycles. The highest BCUT2D eigenvalue weighted by Crippen LogP contribution is 2.21. The van der Waals surface area contributed by atoms with E-state index in [2.05, 4.69) is 16.9 Å². The quantitative estimate of drug-likeness (QED) is 0.366. The Labute approximate surface area is 194 Å². The Morgan fingerprint density at radius 1 is 1.22 bits per heavy atom. The zero-order valence-electron chi connectivity index (χ0n) is 17.1. The molecule has 0 atom stereocenters. The first kappa shape index (κ1) is 24.0. The van der Waals surface area contributed by atoms with Crippen molar-refractivity contribution in [1.82, 2.24) is 5.32 Å². The Balaban J connectivity index is 1.42. The molecular weight excluding hydrogens is 462 g/mol. The van der Waals surface area contributed by atoms with E-state index in [1.807, 2.05) is 0 Å². The van der Waals surface area contributed by atoms with E-state index in [0.717, 1.165) is 11.6 Å². The van der Waals surface area contributed by atoms with Crippen molar-refractivity contribution >= 4 is 35.0 Å². The van der Waals surface area contributed by atoms with Crippen molar-refractivity contribution in [2.45, 2.75) is 12.3 Å². The molecule has 1 aliphatic rings. The van der Waals surface area contributed by atoms with E-state index in [1.165, 1.54) is 12.1 Å². The van der Waals surface area contributed by atoms with Crippen LogP contribution in [0.1, 0.15) is 5.56 Å². The lowest BCUT2D eigenvalue weighted by Crippen LogP contribution is -2.48. The van der Waals surface area contributed by atoms with Crippen LogP contribution in [0.5, 0.6) is 5.75 Å². The number of aliphatic imine (C=N–C) groups is 1. The third-order valence-corrected chi connectivity index (χ3v) is 4.87. The third-order valence-electron chi connectivity index (χ3n) is 4.31. The molecule has 170 valence electrons. The number of nitrogens with zero attached hydrogens (tertiary/aromatic N) is 1. The van der Waals surface area contributed by atoms with Crippen molar-refractivity contribution in [3.8, 4) is 5.75 Å². The maximum absolute atomic E-state index is 13.4. The van der Waals surface area contributed by atoms with Crippen LogP contribution < -0.4 is 10.1 Å². The van der Waals surface area contributed by atoms with Crippen LogP contribution in [-0.2, 0) is 19.0 Å². The number of ether oxygens (including phenoxy) is 4. The summed E-state index contributed by atoms with van der Waals surface area (Å²) in [5, 5.41) is 3.29. The topological polar surface area (TPSA) is 78.4 Å². The number of amides is 1. The maximum atomic E-state index is 13.4. The molecular formula is C22H21Cl2FN2O5. The van der Waals surface area contributed by atoms with Gasteiger partial charge in [0.05, 0.1) is 24.3 Å². The predicted molar refractivity (Wildman–Crippen MR) is 119 cm³/mol. The summed E-state index contributed by atoms with van der Waals surface area (Å²) in [6.07, 6.45) is -0.819. The molecule has 0 saturated carbocycles. The summed E-state index contributed by atoms with van der Waals surface area (Å²) >= 11 is 11.5. The van der Waals surface area contributed by atoms with Gasteiger partial charge in [-0.1, -0.05) is 29.8 Å². The fourth-order valence-corrected chi connectivity index (χ4v) is 3.00. The lowest BCUT2D eigenvalue weighted by molar-refractivity contribution is -0.182. The number of hydrogen-bond acceptors (Lipinski definition) is 6. The van der Waals surface area contributed by atoms with Gasteiger partial charge in [-0.2, -0.15) is 0 Å². The molecule has 2 aromatic carbocycles. The largest absolute Gasteiger partial charge is 0.484 e. The molecule has 1 N–H and O–H groups in total. The summed E-state index contributed by atoms with van der Waals surface area (Å²) in [5.41, 5.74) is 0.722. The van der Waals surface area contributed by atoms with Gasteiger partial charge in [-0.15, -0.1) is 0 Å². The van der Waals surface area contributed by atoms with E-state index in [1.54, 1.807) is 31.3 Å². The standard InChI is InChI=1S/C22H21Cl2FN2O5/c1-13(32-21(26-2)14-3-5-15(23)6-4-14)22-30-10-16(11-31-22)27-20(28)12-29-17-7-8-18(24)19(25)9-17/h3-9,16,22H,1,10-12H2,2H3,(H,27,28). The molecule has 1 saturated heterocycles. The molecule has 7 nitrogen and oxygen atoms in total. The lowest BCUT2D eigenvalue weighted by atomic mass is 10.2. The van der Waals surface area contributed by atoms with Gasteiger partial charge in [0.2, 0.25) is 12.2 Å². The van der Waals surface area contributed by atoms with Crippen LogP contribution in [-0.4, -0.2) is 51.0 Å². The first-order chi connectivity index (χ1) is 15.4. The minimum atomic E-state index is -0.819. The Hall–Kier alpha value is -2.65. The van der Waals surface area contributed by atoms with Gasteiger partial charge in [-0.3, -0.25) is 9.79 Å². The van der Waals surface area contributed by atoms with E-state index < -0.39 is 24.1 Å². The number of nitrogens with one attached hydrogen (secondary N) is 1. The summed E-state index contributed by atoms with van der Waals surface area (Å²) in [4.78, 5) is 16.2. The second-order valence-electron chi connectivity index (χ2n) is 6.73. The second kappa shape index (κ2) is 11.3. The van der Waals surface area contributed by atoms with Crippen molar-refractivity contribution in [3.05, 3.63) is 76.2 Å². The summed E-state index contributed by atoms with van der Waals surface area (Å²) in [7, 11) is 1.59. The minimum Gasteiger partial charge on any atom is -0.484 e. The Bertz CT molecular complexity index is 992. The van der Waals surface area contributed by atoms with Crippen LogP contribution in [0, 0.1) is 5.82 Å². The molecule has 0 aromatic heterocycles. The first-order valence-electron chi connectivity index (χ1n) is 9.55. The number of rotatable bonds is 7. The van der Waals surface area contributed by atoms with Gasteiger partial charge in [-0.05, 0) is 36.4 Å². The van der Waals surface area contributed by atoms with E-state index in [9.17, 15) is 9.18 Å². The highest BCUT2D eigenvalue weighted by atomic mass is 35.5. The Morgan fingerprint density at radius 2 is 1.91 bits per heavy atom. The van der Waals surface area contributed by atoms with E-state index in [0.29, 0.717) is 10.9 Å². The monoisotopic (exact) mass is 482 g/mol. The molecule has 0 aliphatic carbocycles. The molecule has 3 rings (SSSR count). The number of benzene rings is 2. The van der Waals surface area contributed by atoms with Crippen molar-refractivity contribution in [2.75, 3.05) is 26.9 Å². The van der Waals surface area contributed by atoms with Crippen LogP contribution in [0.2, 0.25) is 10.0 Å². The van der Waals surface area contributed by atoms with Crippen LogP contribution >= 0.6 is 23.2 Å². The third kappa shape index (κ3) is 6.67. The normalized spacial score (nSPS) is 18.7. The van der Waals surface area contributed by atoms with Gasteiger partial charge in [0.25, 0.3) is 5.91 Å². The Morgan fingerprint density at radius 3 is 2.53 bits per heavy atom. The van der Waals surface area contributed by atoms with Gasteiger partial charge in [-0.25, -0.2) is 4.39 Å². The number of carbonyl (C=O) groups is 1. The average Bonchev–Trinajstić information content (AvgIpc) is 2.79. The van der Waals surface area contributed by atoms with E-state index >= 15 is 0 Å². The lowest BCUT2D eigenvalue weighted by Gasteiger charge is -2.30. The van der Waals surface area contributed by atoms with Gasteiger partial charge < -0.3 is 24.3 Å². The summed E-state index contributed by atoms with van der Waals surface area (Å²) in [6, 6.07) is 10.5. The summed E-state index contributed by atoms with van der Waals surface area (Å²) in [5.74, 6) is -0.280. The number of hydrogen-bond donors (Lipinski definition) is 1. The first-order valence-corrected chi connectivity index (χ1v) is 10.3. The molecule has 2 aromatic rings. The van der Waals surface area contributed by atoms with Crippen LogP contribution in [0.3, 0.4) is 0 Å². The van der Waals surface area contributed by atoms with Crippen LogP contribution in [0.4, 0.5) is 4.39 Å². The maximum Gasteiger partial charge on any atom is 0.258 e. The fraction of sp³-hybridized carbons (Fsp3) is 0.273. The molecule has 1 amide bonds. The Kier molecular flexibility index (Phi) is 8.46. The molecule has 0 bridgehead atoms. The number of carbonyl (C=O) groups excluding carboxylic acids is 1. The van der Waals surface area contributed by atoms with E-state index in [-0.39, 0.29) is 36.4 Å². The molecule has 0 spiro atoms. The molecule has 1 aliphatic heterocycles. The predicted octanol–water partition coefficient (Wildman–Crippen LogP) is 3.98. The average molecular weight is 483 g/mol. The second-order valence-corrected chi connectivity index (χ2v) is 7.58. The van der Waals surface area contributed by atoms with E-state index in [4.69, 9.17) is 42.1 Å². The molecule has 10 heteroatoms. The van der Waals surface area contributed by atoms with Gasteiger partial charge in [0.1, 0.15) is 11.6 Å². The molecule has 1 fully saturated rings. The van der Waals surface area contributed by atoms with Crippen molar-refractivity contribution in [1.29, 1.82) is 0 Å². The minimum absolute atomic E-state index is 0.0241. The fourth-order valence-electron chi connectivity index (χ4n) is 2.76. The highest BCUT2D eigenvalue weighted by molar-refractivity contribution is 6.31.